The molecule has 1 N–H and O–H groups in total. The van der Waals surface area contributed by atoms with Crippen LogP contribution in [0.4, 0.5) is 13.2 Å². The summed E-state index contributed by atoms with van der Waals surface area (Å²) in [6.45, 7) is 4.56. The SMILES string of the molecule is CCn1nc(C(=O)NC23CC(CC(=O)OC)(C2)[C@@H]3C)c2c(Cc3ccc(C(F)(F)F)cc3)cccc21. The highest BCUT2D eigenvalue weighted by Crippen LogP contribution is 2.72. The molecule has 0 aliphatic heterocycles. The fourth-order valence-corrected chi connectivity index (χ4v) is 6.14. The van der Waals surface area contributed by atoms with Gasteiger partial charge in [0.2, 0.25) is 0 Å². The standard InChI is InChI=1S/C27H28F3N3O3/c1-4-33-20-7-5-6-18(12-17-8-10-19(11-9-17)27(28,29)30)22(20)23(32-33)24(35)31-26-14-25(15-26,16(26)2)13-21(34)36-3/h5-11,16H,4,12-15H2,1-3H3,(H,31,35)/t16-,25?,26?/m0/s1. The minimum absolute atomic E-state index is 0.112. The fourth-order valence-electron chi connectivity index (χ4n) is 6.14. The third-order valence-electron chi connectivity index (χ3n) is 8.22. The summed E-state index contributed by atoms with van der Waals surface area (Å²) in [6.07, 6.45) is -2.21. The van der Waals surface area contributed by atoms with Crippen LogP contribution in [0.2, 0.25) is 0 Å². The topological polar surface area (TPSA) is 73.2 Å². The lowest BCUT2D eigenvalue weighted by molar-refractivity contribution is -0.223. The lowest BCUT2D eigenvalue weighted by Gasteiger charge is -2.75. The molecule has 1 aromatic heterocycles. The van der Waals surface area contributed by atoms with Crippen molar-refractivity contribution in [3.8, 4) is 0 Å². The quantitative estimate of drug-likeness (QED) is 0.458. The molecule has 9 heteroatoms. The molecule has 0 spiro atoms. The molecule has 3 aromatic rings. The van der Waals surface area contributed by atoms with E-state index in [0.29, 0.717) is 36.0 Å². The minimum atomic E-state index is -4.39. The Hall–Kier alpha value is -3.36. The summed E-state index contributed by atoms with van der Waals surface area (Å²) in [5.74, 6) is -0.355. The van der Waals surface area contributed by atoms with Crippen LogP contribution in [0.25, 0.3) is 10.9 Å². The molecule has 3 aliphatic rings. The third kappa shape index (κ3) is 3.76. The van der Waals surface area contributed by atoms with Crippen LogP contribution in [-0.4, -0.2) is 34.3 Å². The number of nitrogens with zero attached hydrogens (tertiary/aromatic N) is 2. The van der Waals surface area contributed by atoms with Gasteiger partial charge in [-0.05, 0) is 66.8 Å². The van der Waals surface area contributed by atoms with Gasteiger partial charge in [0.05, 0.1) is 24.6 Å². The van der Waals surface area contributed by atoms with Gasteiger partial charge in [-0.25, -0.2) is 0 Å². The van der Waals surface area contributed by atoms with Gasteiger partial charge in [0.25, 0.3) is 5.91 Å². The maximum atomic E-state index is 13.5. The Morgan fingerprint density at radius 2 is 1.86 bits per heavy atom. The monoisotopic (exact) mass is 499 g/mol. The number of esters is 1. The molecule has 0 radical (unpaired) electrons. The summed E-state index contributed by atoms with van der Waals surface area (Å²) in [5, 5.41) is 8.50. The normalized spacial score (nSPS) is 24.7. The number of halogens is 3. The number of aryl methyl sites for hydroxylation is 1. The number of ether oxygens (including phenoxy) is 1. The number of fused-ring (bicyclic) bond motifs is 1. The Labute approximate surface area is 206 Å². The van der Waals surface area contributed by atoms with Crippen LogP contribution < -0.4 is 5.32 Å². The summed E-state index contributed by atoms with van der Waals surface area (Å²) >= 11 is 0. The van der Waals surface area contributed by atoms with Gasteiger partial charge in [0.1, 0.15) is 0 Å². The lowest BCUT2D eigenvalue weighted by Crippen LogP contribution is -2.81. The van der Waals surface area contributed by atoms with Gasteiger partial charge in [0, 0.05) is 17.5 Å². The number of amides is 1. The summed E-state index contributed by atoms with van der Waals surface area (Å²) in [6, 6.07) is 10.7. The summed E-state index contributed by atoms with van der Waals surface area (Å²) in [4.78, 5) is 25.3. The zero-order valence-corrected chi connectivity index (χ0v) is 20.4. The van der Waals surface area contributed by atoms with E-state index < -0.39 is 11.7 Å². The second-order valence-corrected chi connectivity index (χ2v) is 10.1. The average molecular weight is 500 g/mol. The van der Waals surface area contributed by atoms with Crippen molar-refractivity contribution in [3.63, 3.8) is 0 Å². The largest absolute Gasteiger partial charge is 0.469 e. The van der Waals surface area contributed by atoms with Gasteiger partial charge in [-0.15, -0.1) is 0 Å². The molecule has 1 amide bonds. The molecule has 0 unspecified atom stereocenters. The van der Waals surface area contributed by atoms with E-state index in [2.05, 4.69) is 17.3 Å². The van der Waals surface area contributed by atoms with Crippen molar-refractivity contribution in [2.75, 3.05) is 7.11 Å². The highest BCUT2D eigenvalue weighted by atomic mass is 19.4. The Morgan fingerprint density at radius 3 is 2.44 bits per heavy atom. The van der Waals surface area contributed by atoms with E-state index in [4.69, 9.17) is 4.74 Å². The molecular weight excluding hydrogens is 471 g/mol. The van der Waals surface area contributed by atoms with Crippen LogP contribution in [0.5, 0.6) is 0 Å². The summed E-state index contributed by atoms with van der Waals surface area (Å²) < 4.78 is 45.5. The van der Waals surface area contributed by atoms with Crippen LogP contribution in [0.1, 0.15) is 60.3 Å². The zero-order valence-electron chi connectivity index (χ0n) is 20.4. The van der Waals surface area contributed by atoms with Crippen LogP contribution in [0.3, 0.4) is 0 Å². The molecule has 1 atom stereocenters. The molecule has 3 fully saturated rings. The summed E-state index contributed by atoms with van der Waals surface area (Å²) in [7, 11) is 1.38. The number of carbonyl (C=O) groups is 2. The molecule has 36 heavy (non-hydrogen) atoms. The predicted molar refractivity (Wildman–Crippen MR) is 127 cm³/mol. The van der Waals surface area contributed by atoms with Gasteiger partial charge in [-0.3, -0.25) is 14.3 Å². The van der Waals surface area contributed by atoms with Crippen molar-refractivity contribution in [2.24, 2.45) is 11.3 Å². The number of nitrogens with one attached hydrogen (secondary N) is 1. The van der Waals surface area contributed by atoms with Crippen molar-refractivity contribution >= 4 is 22.8 Å². The fraction of sp³-hybridized carbons (Fsp3) is 0.444. The molecule has 2 aromatic carbocycles. The van der Waals surface area contributed by atoms with Crippen molar-refractivity contribution in [1.29, 1.82) is 0 Å². The first kappa shape index (κ1) is 24.3. The van der Waals surface area contributed by atoms with Crippen LogP contribution in [0.15, 0.2) is 42.5 Å². The molecule has 6 nitrogen and oxygen atoms in total. The number of benzene rings is 2. The van der Waals surface area contributed by atoms with E-state index in [0.717, 1.165) is 36.1 Å². The van der Waals surface area contributed by atoms with Gasteiger partial charge in [0.15, 0.2) is 5.69 Å². The predicted octanol–water partition coefficient (Wildman–Crippen LogP) is 5.13. The highest BCUT2D eigenvalue weighted by molar-refractivity contribution is 6.06. The Balaban J connectivity index is 1.41. The first-order valence-electron chi connectivity index (χ1n) is 12.1. The van der Waals surface area contributed by atoms with Gasteiger partial charge in [-0.1, -0.05) is 31.2 Å². The van der Waals surface area contributed by atoms with Crippen LogP contribution in [0, 0.1) is 11.3 Å². The summed E-state index contributed by atoms with van der Waals surface area (Å²) in [5.41, 5.74) is 1.50. The molecule has 190 valence electrons. The molecule has 2 bridgehead atoms. The lowest BCUT2D eigenvalue weighted by atomic mass is 9.32. The number of rotatable bonds is 7. The minimum Gasteiger partial charge on any atom is -0.469 e. The number of alkyl halides is 3. The maximum Gasteiger partial charge on any atom is 0.416 e. The number of aromatic nitrogens is 2. The zero-order chi connectivity index (χ0) is 25.9. The van der Waals surface area contributed by atoms with E-state index >= 15 is 0 Å². The first-order valence-corrected chi connectivity index (χ1v) is 12.1. The second-order valence-electron chi connectivity index (χ2n) is 10.1. The second kappa shape index (κ2) is 8.35. The Bertz CT molecular complexity index is 1340. The maximum absolute atomic E-state index is 13.5. The van der Waals surface area contributed by atoms with Crippen LogP contribution >= 0.6 is 0 Å². The smallest absolute Gasteiger partial charge is 0.416 e. The first-order chi connectivity index (χ1) is 17.0. The number of carbonyl (C=O) groups excluding carboxylic acids is 2. The van der Waals surface area contributed by atoms with Gasteiger partial charge >= 0.3 is 12.1 Å². The third-order valence-corrected chi connectivity index (χ3v) is 8.22. The van der Waals surface area contributed by atoms with Gasteiger partial charge in [-0.2, -0.15) is 18.3 Å². The molecule has 3 aliphatic carbocycles. The van der Waals surface area contributed by atoms with Crippen molar-refractivity contribution < 1.29 is 27.5 Å². The number of hydrogen-bond donors (Lipinski definition) is 1. The van der Waals surface area contributed by atoms with E-state index in [1.54, 1.807) is 4.68 Å². The molecule has 6 rings (SSSR count). The van der Waals surface area contributed by atoms with Gasteiger partial charge < -0.3 is 10.1 Å². The number of methoxy groups -OCH3 is 1. The number of hydrogen-bond acceptors (Lipinski definition) is 4. The molecule has 1 heterocycles. The van der Waals surface area contributed by atoms with Crippen molar-refractivity contribution in [1.82, 2.24) is 15.1 Å². The highest BCUT2D eigenvalue weighted by Gasteiger charge is 2.74. The average Bonchev–Trinajstić information content (AvgIpc) is 3.22. The Kier molecular flexibility index (Phi) is 5.65. The van der Waals surface area contributed by atoms with Crippen molar-refractivity contribution in [3.05, 3.63) is 64.8 Å². The van der Waals surface area contributed by atoms with E-state index in [1.165, 1.54) is 19.2 Å². The van der Waals surface area contributed by atoms with E-state index in [9.17, 15) is 22.8 Å². The van der Waals surface area contributed by atoms with E-state index in [1.807, 2.05) is 25.1 Å². The molecule has 3 saturated carbocycles. The van der Waals surface area contributed by atoms with Crippen LogP contribution in [-0.2, 0) is 28.7 Å². The molecular formula is C27H28F3N3O3. The molecule has 0 saturated heterocycles. The Morgan fingerprint density at radius 1 is 1.17 bits per heavy atom. The van der Waals surface area contributed by atoms with Crippen molar-refractivity contribution in [2.45, 2.75) is 57.8 Å². The van der Waals surface area contributed by atoms with E-state index in [-0.39, 0.29) is 28.7 Å².